The monoisotopic (exact) mass is 360 g/mol. The van der Waals surface area contributed by atoms with Crippen molar-refractivity contribution in [3.05, 3.63) is 24.3 Å². The standard InChI is InChI=1S/C21H32N2O3/c1-16(2)18-14-23(12-6-11-22(18)13-17-9-10-17)21(24)15-26-20-8-5-4-7-19(20)25-3/h4-5,7-8,16-18H,6,9-15H2,1-3H3. The SMILES string of the molecule is COc1ccccc1OCC(=O)N1CCCN(CC2CC2)C(C(C)C)C1. The van der Waals surface area contributed by atoms with E-state index in [1.54, 1.807) is 7.11 Å². The number of amides is 1. The number of methoxy groups -OCH3 is 1. The van der Waals surface area contributed by atoms with E-state index in [0.717, 1.165) is 32.0 Å². The lowest BCUT2D eigenvalue weighted by molar-refractivity contribution is -0.133. The van der Waals surface area contributed by atoms with Crippen LogP contribution in [0, 0.1) is 11.8 Å². The molecule has 0 aromatic heterocycles. The average Bonchev–Trinajstić information content (AvgIpc) is 3.47. The van der Waals surface area contributed by atoms with E-state index in [1.807, 2.05) is 29.2 Å². The molecule has 1 aliphatic carbocycles. The molecule has 1 aromatic carbocycles. The van der Waals surface area contributed by atoms with Crippen LogP contribution in [0.15, 0.2) is 24.3 Å². The summed E-state index contributed by atoms with van der Waals surface area (Å²) in [6.07, 6.45) is 3.78. The summed E-state index contributed by atoms with van der Waals surface area (Å²) in [5.74, 6) is 2.76. The van der Waals surface area contributed by atoms with E-state index in [1.165, 1.54) is 19.4 Å². The number of benzene rings is 1. The molecular formula is C21H32N2O3. The van der Waals surface area contributed by atoms with E-state index in [9.17, 15) is 4.79 Å². The van der Waals surface area contributed by atoms with Crippen LogP contribution in [-0.4, -0.2) is 61.6 Å². The number of hydrogen-bond acceptors (Lipinski definition) is 4. The van der Waals surface area contributed by atoms with Crippen molar-refractivity contribution < 1.29 is 14.3 Å². The van der Waals surface area contributed by atoms with Crippen LogP contribution >= 0.6 is 0 Å². The minimum Gasteiger partial charge on any atom is -0.493 e. The third kappa shape index (κ3) is 4.91. The molecule has 1 saturated heterocycles. The van der Waals surface area contributed by atoms with Crippen molar-refractivity contribution in [3.8, 4) is 11.5 Å². The Bertz CT molecular complexity index is 601. The van der Waals surface area contributed by atoms with Crippen molar-refractivity contribution >= 4 is 5.91 Å². The molecule has 3 rings (SSSR count). The number of carbonyl (C=O) groups excluding carboxylic acids is 1. The second-order valence-corrected chi connectivity index (χ2v) is 7.88. The van der Waals surface area contributed by atoms with E-state index >= 15 is 0 Å². The van der Waals surface area contributed by atoms with E-state index in [0.29, 0.717) is 23.5 Å². The molecule has 0 spiro atoms. The van der Waals surface area contributed by atoms with Crippen molar-refractivity contribution in [2.45, 2.75) is 39.2 Å². The van der Waals surface area contributed by atoms with Crippen LogP contribution in [0.5, 0.6) is 11.5 Å². The van der Waals surface area contributed by atoms with Crippen LogP contribution in [0.1, 0.15) is 33.1 Å². The summed E-state index contributed by atoms with van der Waals surface area (Å²) in [4.78, 5) is 17.4. The number of para-hydroxylation sites is 2. The van der Waals surface area contributed by atoms with Gasteiger partial charge in [0.2, 0.25) is 0 Å². The molecule has 5 heteroatoms. The molecule has 5 nitrogen and oxygen atoms in total. The average molecular weight is 360 g/mol. The maximum absolute atomic E-state index is 12.8. The predicted octanol–water partition coefficient (Wildman–Crippen LogP) is 3.04. The fourth-order valence-electron chi connectivity index (χ4n) is 3.75. The zero-order chi connectivity index (χ0) is 18.5. The second kappa shape index (κ2) is 8.76. The van der Waals surface area contributed by atoms with Gasteiger partial charge in [0.05, 0.1) is 7.11 Å². The second-order valence-electron chi connectivity index (χ2n) is 7.88. The predicted molar refractivity (Wildman–Crippen MR) is 103 cm³/mol. The highest BCUT2D eigenvalue weighted by molar-refractivity contribution is 5.78. The Morgan fingerprint density at radius 2 is 1.92 bits per heavy atom. The molecule has 1 atom stereocenters. The molecule has 1 heterocycles. The maximum atomic E-state index is 12.8. The molecule has 1 unspecified atom stereocenters. The van der Waals surface area contributed by atoms with Gasteiger partial charge in [0.1, 0.15) is 0 Å². The van der Waals surface area contributed by atoms with Crippen LogP contribution in [0.2, 0.25) is 0 Å². The smallest absolute Gasteiger partial charge is 0.260 e. The van der Waals surface area contributed by atoms with Crippen LogP contribution < -0.4 is 9.47 Å². The van der Waals surface area contributed by atoms with Gasteiger partial charge < -0.3 is 14.4 Å². The van der Waals surface area contributed by atoms with Gasteiger partial charge in [-0.05, 0) is 43.2 Å². The topological polar surface area (TPSA) is 42.0 Å². The van der Waals surface area contributed by atoms with E-state index in [2.05, 4.69) is 18.7 Å². The highest BCUT2D eigenvalue weighted by Crippen LogP contribution is 2.32. The van der Waals surface area contributed by atoms with Crippen LogP contribution in [0.4, 0.5) is 0 Å². The largest absolute Gasteiger partial charge is 0.493 e. The summed E-state index contributed by atoms with van der Waals surface area (Å²) in [5, 5.41) is 0. The normalized spacial score (nSPS) is 21.5. The zero-order valence-corrected chi connectivity index (χ0v) is 16.3. The van der Waals surface area contributed by atoms with E-state index in [4.69, 9.17) is 9.47 Å². The van der Waals surface area contributed by atoms with E-state index < -0.39 is 0 Å². The van der Waals surface area contributed by atoms with Gasteiger partial charge in [-0.15, -0.1) is 0 Å². The van der Waals surface area contributed by atoms with Crippen molar-refractivity contribution in [1.82, 2.24) is 9.80 Å². The van der Waals surface area contributed by atoms with Crippen molar-refractivity contribution in [3.63, 3.8) is 0 Å². The van der Waals surface area contributed by atoms with Gasteiger partial charge in [-0.2, -0.15) is 0 Å². The number of carbonyl (C=O) groups is 1. The molecule has 0 bridgehead atoms. The highest BCUT2D eigenvalue weighted by Gasteiger charge is 2.33. The quantitative estimate of drug-likeness (QED) is 0.749. The molecule has 0 N–H and O–H groups in total. The van der Waals surface area contributed by atoms with Gasteiger partial charge in [-0.25, -0.2) is 0 Å². The van der Waals surface area contributed by atoms with E-state index in [-0.39, 0.29) is 12.5 Å². The molecular weight excluding hydrogens is 328 g/mol. The van der Waals surface area contributed by atoms with Crippen LogP contribution in [0.25, 0.3) is 0 Å². The summed E-state index contributed by atoms with van der Waals surface area (Å²) in [7, 11) is 1.61. The summed E-state index contributed by atoms with van der Waals surface area (Å²) < 4.78 is 11.0. The van der Waals surface area contributed by atoms with Gasteiger partial charge in [0.25, 0.3) is 5.91 Å². The Morgan fingerprint density at radius 1 is 1.19 bits per heavy atom. The Morgan fingerprint density at radius 3 is 2.58 bits per heavy atom. The summed E-state index contributed by atoms with van der Waals surface area (Å²) in [6.45, 7) is 8.51. The molecule has 1 amide bonds. The number of hydrogen-bond donors (Lipinski definition) is 0. The first-order valence-corrected chi connectivity index (χ1v) is 9.86. The highest BCUT2D eigenvalue weighted by atomic mass is 16.5. The Kier molecular flexibility index (Phi) is 6.41. The molecule has 26 heavy (non-hydrogen) atoms. The van der Waals surface area contributed by atoms with Gasteiger partial charge >= 0.3 is 0 Å². The van der Waals surface area contributed by atoms with Crippen molar-refractivity contribution in [2.75, 3.05) is 39.9 Å². The van der Waals surface area contributed by atoms with Gasteiger partial charge in [-0.1, -0.05) is 26.0 Å². The fourth-order valence-corrected chi connectivity index (χ4v) is 3.75. The van der Waals surface area contributed by atoms with Gasteiger partial charge in [-0.3, -0.25) is 9.69 Å². The summed E-state index contributed by atoms with van der Waals surface area (Å²) in [5.41, 5.74) is 0. The lowest BCUT2D eigenvalue weighted by Crippen LogP contribution is -2.47. The fraction of sp³-hybridized carbons (Fsp3) is 0.667. The van der Waals surface area contributed by atoms with Crippen molar-refractivity contribution in [1.29, 1.82) is 0 Å². The molecule has 2 aliphatic rings. The molecule has 144 valence electrons. The third-order valence-electron chi connectivity index (χ3n) is 5.48. The number of ether oxygens (including phenoxy) is 2. The molecule has 0 radical (unpaired) electrons. The first-order valence-electron chi connectivity index (χ1n) is 9.86. The van der Waals surface area contributed by atoms with Gasteiger partial charge in [0.15, 0.2) is 18.1 Å². The third-order valence-corrected chi connectivity index (χ3v) is 5.48. The Labute approximate surface area is 157 Å². The maximum Gasteiger partial charge on any atom is 0.260 e. The molecule has 1 aliphatic heterocycles. The lowest BCUT2D eigenvalue weighted by Gasteiger charge is -2.34. The first kappa shape index (κ1) is 19.0. The molecule has 1 aromatic rings. The van der Waals surface area contributed by atoms with Crippen molar-refractivity contribution in [2.24, 2.45) is 11.8 Å². The Balaban J connectivity index is 1.59. The van der Waals surface area contributed by atoms with Crippen LogP contribution in [-0.2, 0) is 4.79 Å². The zero-order valence-electron chi connectivity index (χ0n) is 16.3. The minimum absolute atomic E-state index is 0.0633. The summed E-state index contributed by atoms with van der Waals surface area (Å²) in [6, 6.07) is 7.90. The number of rotatable bonds is 7. The first-order chi connectivity index (χ1) is 12.6. The van der Waals surface area contributed by atoms with Gasteiger partial charge in [0, 0.05) is 32.2 Å². The minimum atomic E-state index is 0.0633. The van der Waals surface area contributed by atoms with Crippen LogP contribution in [0.3, 0.4) is 0 Å². The molecule has 1 saturated carbocycles. The summed E-state index contributed by atoms with van der Waals surface area (Å²) >= 11 is 0. The number of nitrogens with zero attached hydrogens (tertiary/aromatic N) is 2. The lowest BCUT2D eigenvalue weighted by atomic mass is 10.0. The molecule has 2 fully saturated rings. The Hall–Kier alpha value is -1.75.